The predicted octanol–water partition coefficient (Wildman–Crippen LogP) is 0.846. The standard InChI is InChI=1S/C16H20N6O/c1-21(2)15(23)16(14-10-17-5-6-20-14)4-3-7-22(16)11-13-8-18-12-19-9-13/h5-6,8-10,12H,3-4,7,11H2,1-2H3/t16-/m0/s1. The maximum atomic E-state index is 13.1. The summed E-state index contributed by atoms with van der Waals surface area (Å²) in [6.07, 6.45) is 11.7. The fourth-order valence-electron chi connectivity index (χ4n) is 3.25. The molecule has 1 aliphatic heterocycles. The van der Waals surface area contributed by atoms with E-state index in [1.54, 1.807) is 50.0 Å². The third kappa shape index (κ3) is 2.79. The fraction of sp³-hybridized carbons (Fsp3) is 0.438. The minimum absolute atomic E-state index is 0.0346. The average molecular weight is 312 g/mol. The van der Waals surface area contributed by atoms with E-state index in [0.717, 1.165) is 24.9 Å². The van der Waals surface area contributed by atoms with Gasteiger partial charge in [-0.2, -0.15) is 0 Å². The molecular weight excluding hydrogens is 292 g/mol. The first-order valence-electron chi connectivity index (χ1n) is 7.62. The quantitative estimate of drug-likeness (QED) is 0.833. The molecular formula is C16H20N6O. The van der Waals surface area contributed by atoms with Gasteiger partial charge in [-0.15, -0.1) is 0 Å². The molecule has 0 unspecified atom stereocenters. The zero-order valence-corrected chi connectivity index (χ0v) is 13.4. The topological polar surface area (TPSA) is 75.1 Å². The van der Waals surface area contributed by atoms with Gasteiger partial charge in [0.2, 0.25) is 5.91 Å². The first kappa shape index (κ1) is 15.5. The SMILES string of the molecule is CN(C)C(=O)[C@@]1(c2cnccn2)CCCN1Cc1cncnc1. The van der Waals surface area contributed by atoms with E-state index in [1.807, 2.05) is 0 Å². The number of likely N-dealkylation sites (tertiary alicyclic amines) is 1. The van der Waals surface area contributed by atoms with E-state index in [4.69, 9.17) is 0 Å². The second-order valence-corrected chi connectivity index (χ2v) is 5.92. The minimum atomic E-state index is -0.770. The summed E-state index contributed by atoms with van der Waals surface area (Å²) in [5, 5.41) is 0. The zero-order valence-electron chi connectivity index (χ0n) is 13.4. The summed E-state index contributed by atoms with van der Waals surface area (Å²) in [6, 6.07) is 0. The molecule has 0 aromatic carbocycles. The van der Waals surface area contributed by atoms with Gasteiger partial charge in [0.1, 0.15) is 11.9 Å². The Balaban J connectivity index is 2.02. The Morgan fingerprint density at radius 2 is 2.00 bits per heavy atom. The van der Waals surface area contributed by atoms with Crippen LogP contribution in [0, 0.1) is 0 Å². The highest BCUT2D eigenvalue weighted by Gasteiger charge is 2.50. The van der Waals surface area contributed by atoms with Crippen LogP contribution in [0.1, 0.15) is 24.1 Å². The highest BCUT2D eigenvalue weighted by Crippen LogP contribution is 2.40. The van der Waals surface area contributed by atoms with Gasteiger partial charge in [0, 0.05) is 51.0 Å². The van der Waals surface area contributed by atoms with E-state index >= 15 is 0 Å². The third-order valence-electron chi connectivity index (χ3n) is 4.24. The molecule has 1 fully saturated rings. The lowest BCUT2D eigenvalue weighted by atomic mass is 9.90. The van der Waals surface area contributed by atoms with E-state index in [1.165, 1.54) is 6.33 Å². The molecule has 1 aliphatic rings. The number of amides is 1. The van der Waals surface area contributed by atoms with Crippen LogP contribution >= 0.6 is 0 Å². The molecule has 120 valence electrons. The van der Waals surface area contributed by atoms with Crippen molar-refractivity contribution in [2.45, 2.75) is 24.9 Å². The van der Waals surface area contributed by atoms with Gasteiger partial charge in [-0.1, -0.05) is 0 Å². The summed E-state index contributed by atoms with van der Waals surface area (Å²) in [5.41, 5.74) is 0.912. The monoisotopic (exact) mass is 312 g/mol. The molecule has 0 aliphatic carbocycles. The van der Waals surface area contributed by atoms with Crippen LogP contribution in [-0.2, 0) is 16.9 Å². The number of rotatable bonds is 4. The zero-order chi connectivity index (χ0) is 16.3. The van der Waals surface area contributed by atoms with E-state index in [0.29, 0.717) is 12.2 Å². The highest BCUT2D eigenvalue weighted by atomic mass is 16.2. The number of carbonyl (C=O) groups excluding carboxylic acids is 1. The van der Waals surface area contributed by atoms with Crippen LogP contribution in [0.5, 0.6) is 0 Å². The van der Waals surface area contributed by atoms with E-state index in [-0.39, 0.29) is 5.91 Å². The molecule has 0 N–H and O–H groups in total. The van der Waals surface area contributed by atoms with Crippen molar-refractivity contribution in [3.63, 3.8) is 0 Å². The second kappa shape index (κ2) is 6.37. The van der Waals surface area contributed by atoms with Crippen molar-refractivity contribution in [3.8, 4) is 0 Å². The molecule has 1 atom stereocenters. The molecule has 0 spiro atoms. The van der Waals surface area contributed by atoms with Crippen molar-refractivity contribution >= 4 is 5.91 Å². The van der Waals surface area contributed by atoms with Crippen molar-refractivity contribution in [1.29, 1.82) is 0 Å². The summed E-state index contributed by atoms with van der Waals surface area (Å²) in [7, 11) is 3.56. The Kier molecular flexibility index (Phi) is 4.29. The van der Waals surface area contributed by atoms with Crippen molar-refractivity contribution in [2.24, 2.45) is 0 Å². The number of hydrogen-bond donors (Lipinski definition) is 0. The molecule has 0 saturated carbocycles. The summed E-state index contributed by atoms with van der Waals surface area (Å²) in [4.78, 5) is 33.6. The predicted molar refractivity (Wildman–Crippen MR) is 84.1 cm³/mol. The summed E-state index contributed by atoms with van der Waals surface area (Å²) in [5.74, 6) is 0.0346. The molecule has 0 bridgehead atoms. The maximum absolute atomic E-state index is 13.1. The minimum Gasteiger partial charge on any atom is -0.347 e. The lowest BCUT2D eigenvalue weighted by molar-refractivity contribution is -0.141. The van der Waals surface area contributed by atoms with Gasteiger partial charge >= 0.3 is 0 Å². The van der Waals surface area contributed by atoms with Gasteiger partial charge in [-0.25, -0.2) is 9.97 Å². The molecule has 3 rings (SSSR count). The van der Waals surface area contributed by atoms with Gasteiger partial charge in [0.25, 0.3) is 0 Å². The maximum Gasteiger partial charge on any atom is 0.248 e. The molecule has 1 amide bonds. The lowest BCUT2D eigenvalue weighted by Gasteiger charge is -2.38. The highest BCUT2D eigenvalue weighted by molar-refractivity contribution is 5.87. The molecule has 0 radical (unpaired) electrons. The second-order valence-electron chi connectivity index (χ2n) is 5.92. The Hall–Kier alpha value is -2.41. The molecule has 1 saturated heterocycles. The number of aromatic nitrogens is 4. The number of nitrogens with zero attached hydrogens (tertiary/aromatic N) is 6. The van der Waals surface area contributed by atoms with Gasteiger partial charge in [0.15, 0.2) is 0 Å². The van der Waals surface area contributed by atoms with Crippen LogP contribution in [0.4, 0.5) is 0 Å². The van der Waals surface area contributed by atoms with E-state index in [2.05, 4.69) is 24.8 Å². The van der Waals surface area contributed by atoms with Crippen LogP contribution in [0.3, 0.4) is 0 Å². The Labute approximate surface area is 135 Å². The van der Waals surface area contributed by atoms with Crippen molar-refractivity contribution in [1.82, 2.24) is 29.7 Å². The number of hydrogen-bond acceptors (Lipinski definition) is 6. The molecule has 3 heterocycles. The van der Waals surface area contributed by atoms with Gasteiger partial charge in [0.05, 0.1) is 11.9 Å². The first-order chi connectivity index (χ1) is 11.1. The largest absolute Gasteiger partial charge is 0.347 e. The fourth-order valence-corrected chi connectivity index (χ4v) is 3.25. The van der Waals surface area contributed by atoms with Gasteiger partial charge in [-0.3, -0.25) is 19.7 Å². The average Bonchev–Trinajstić information content (AvgIpc) is 3.00. The van der Waals surface area contributed by atoms with Crippen LogP contribution in [0.25, 0.3) is 0 Å². The Morgan fingerprint density at radius 3 is 2.65 bits per heavy atom. The number of likely N-dealkylation sites (N-methyl/N-ethyl adjacent to an activating group) is 1. The van der Waals surface area contributed by atoms with Crippen LogP contribution < -0.4 is 0 Å². The van der Waals surface area contributed by atoms with E-state index < -0.39 is 5.54 Å². The van der Waals surface area contributed by atoms with Crippen molar-refractivity contribution < 1.29 is 4.79 Å². The normalized spacial score (nSPS) is 21.3. The summed E-state index contributed by atoms with van der Waals surface area (Å²) < 4.78 is 0. The summed E-state index contributed by atoms with van der Waals surface area (Å²) in [6.45, 7) is 1.43. The van der Waals surface area contributed by atoms with Crippen LogP contribution in [0.15, 0.2) is 37.3 Å². The Morgan fingerprint density at radius 1 is 1.22 bits per heavy atom. The van der Waals surface area contributed by atoms with Gasteiger partial charge < -0.3 is 4.90 Å². The molecule has 2 aromatic rings. The Bertz CT molecular complexity index is 663. The third-order valence-corrected chi connectivity index (χ3v) is 4.24. The molecule has 7 nitrogen and oxygen atoms in total. The smallest absolute Gasteiger partial charge is 0.248 e. The van der Waals surface area contributed by atoms with E-state index in [9.17, 15) is 4.79 Å². The van der Waals surface area contributed by atoms with Gasteiger partial charge in [-0.05, 0) is 19.4 Å². The molecule has 7 heteroatoms. The van der Waals surface area contributed by atoms with Crippen molar-refractivity contribution in [2.75, 3.05) is 20.6 Å². The molecule has 2 aromatic heterocycles. The number of carbonyl (C=O) groups is 1. The molecule has 23 heavy (non-hydrogen) atoms. The van der Waals surface area contributed by atoms with Crippen LogP contribution in [-0.4, -0.2) is 56.3 Å². The van der Waals surface area contributed by atoms with Crippen molar-refractivity contribution in [3.05, 3.63) is 48.6 Å². The summed E-state index contributed by atoms with van der Waals surface area (Å²) >= 11 is 0. The first-order valence-corrected chi connectivity index (χ1v) is 7.62. The lowest BCUT2D eigenvalue weighted by Crippen LogP contribution is -2.52. The van der Waals surface area contributed by atoms with Crippen LogP contribution in [0.2, 0.25) is 0 Å².